The standard InChI is InChI=1S/C28H31NO6/c1-15-7-8-22-18(10-15)26(31)19(14-34-22)24-23(27(32)35-13-17-6-5-9-33-17)16(2)29-20-11-28(3,4)12-21(30)25(20)24/h7-8,10,14,17,24-25H,5-6,9,11-13H2,1-4H3/t17-,24+,25?/m0/s1. The molecule has 184 valence electrons. The summed E-state index contributed by atoms with van der Waals surface area (Å²) >= 11 is 0. The molecular weight excluding hydrogens is 446 g/mol. The van der Waals surface area contributed by atoms with Crippen molar-refractivity contribution >= 4 is 28.4 Å². The number of esters is 1. The monoisotopic (exact) mass is 477 g/mol. The van der Waals surface area contributed by atoms with Crippen molar-refractivity contribution in [3.63, 3.8) is 0 Å². The number of ketones is 1. The highest BCUT2D eigenvalue weighted by Gasteiger charge is 2.48. The first-order valence-corrected chi connectivity index (χ1v) is 12.3. The summed E-state index contributed by atoms with van der Waals surface area (Å²) in [4.78, 5) is 45.4. The number of Topliss-reactive ketones (excluding diaryl/α,β-unsaturated/α-hetero) is 1. The summed E-state index contributed by atoms with van der Waals surface area (Å²) in [5.41, 5.74) is 2.65. The average Bonchev–Trinajstić information content (AvgIpc) is 3.30. The summed E-state index contributed by atoms with van der Waals surface area (Å²) in [6.45, 7) is 8.52. The zero-order valence-corrected chi connectivity index (χ0v) is 20.7. The molecule has 2 aromatic rings. The maximum Gasteiger partial charge on any atom is 0.336 e. The predicted molar refractivity (Wildman–Crippen MR) is 132 cm³/mol. The Labute approximate surface area is 204 Å². The second-order valence-corrected chi connectivity index (χ2v) is 10.8. The third-order valence-corrected chi connectivity index (χ3v) is 7.30. The molecule has 0 spiro atoms. The fourth-order valence-corrected chi connectivity index (χ4v) is 5.69. The van der Waals surface area contributed by atoms with Crippen LogP contribution in [0, 0.1) is 18.3 Å². The number of nitrogens with zero attached hydrogens (tertiary/aromatic N) is 1. The largest absolute Gasteiger partial charge is 0.464 e. The minimum Gasteiger partial charge on any atom is -0.464 e. The molecule has 1 saturated carbocycles. The van der Waals surface area contributed by atoms with Gasteiger partial charge in [-0.3, -0.25) is 14.6 Å². The smallest absolute Gasteiger partial charge is 0.336 e. The van der Waals surface area contributed by atoms with E-state index in [1.807, 2.05) is 26.8 Å². The van der Waals surface area contributed by atoms with Crippen molar-refractivity contribution in [2.45, 2.75) is 65.4 Å². The van der Waals surface area contributed by atoms with Crippen LogP contribution in [-0.4, -0.2) is 36.8 Å². The lowest BCUT2D eigenvalue weighted by molar-refractivity contribution is -0.142. The van der Waals surface area contributed by atoms with Gasteiger partial charge in [0.2, 0.25) is 0 Å². The van der Waals surface area contributed by atoms with E-state index in [2.05, 4.69) is 0 Å². The SMILES string of the molecule is CC1=C(C(=O)OC[C@@H]2CCCO2)[C@@H](c2coc3ccc(C)cc3c2=O)C2C(=O)CC(C)(C)CC2=N1. The van der Waals surface area contributed by atoms with Gasteiger partial charge in [0.1, 0.15) is 18.0 Å². The van der Waals surface area contributed by atoms with Crippen LogP contribution in [0.15, 0.2) is 49.9 Å². The molecule has 7 nitrogen and oxygen atoms in total. The highest BCUT2D eigenvalue weighted by molar-refractivity contribution is 6.12. The number of allylic oxidation sites excluding steroid dienone is 1. The van der Waals surface area contributed by atoms with Gasteiger partial charge in [-0.05, 0) is 50.7 Å². The molecule has 3 heterocycles. The minimum absolute atomic E-state index is 0.0225. The van der Waals surface area contributed by atoms with E-state index in [4.69, 9.17) is 18.9 Å². The summed E-state index contributed by atoms with van der Waals surface area (Å²) in [5, 5.41) is 0.430. The summed E-state index contributed by atoms with van der Waals surface area (Å²) in [6, 6.07) is 5.41. The van der Waals surface area contributed by atoms with Gasteiger partial charge >= 0.3 is 5.97 Å². The van der Waals surface area contributed by atoms with Gasteiger partial charge in [-0.15, -0.1) is 0 Å². The Bertz CT molecular complexity index is 1320. The van der Waals surface area contributed by atoms with Crippen molar-refractivity contribution < 1.29 is 23.5 Å². The van der Waals surface area contributed by atoms with Crippen LogP contribution in [0.1, 0.15) is 63.5 Å². The van der Waals surface area contributed by atoms with Crippen molar-refractivity contribution in [3.8, 4) is 0 Å². The molecule has 2 aliphatic heterocycles. The van der Waals surface area contributed by atoms with Crippen LogP contribution in [0.2, 0.25) is 0 Å². The summed E-state index contributed by atoms with van der Waals surface area (Å²) < 4.78 is 17.1. The number of hydrogen-bond acceptors (Lipinski definition) is 7. The van der Waals surface area contributed by atoms with E-state index < -0.39 is 17.8 Å². The second-order valence-electron chi connectivity index (χ2n) is 10.8. The molecule has 35 heavy (non-hydrogen) atoms. The lowest BCUT2D eigenvalue weighted by atomic mass is 9.63. The third-order valence-electron chi connectivity index (χ3n) is 7.30. The molecule has 1 aromatic heterocycles. The van der Waals surface area contributed by atoms with Gasteiger partial charge in [-0.2, -0.15) is 0 Å². The number of ether oxygens (including phenoxy) is 2. The van der Waals surface area contributed by atoms with Crippen LogP contribution in [0.5, 0.6) is 0 Å². The van der Waals surface area contributed by atoms with E-state index in [9.17, 15) is 14.4 Å². The van der Waals surface area contributed by atoms with Crippen molar-refractivity contribution in [2.75, 3.05) is 13.2 Å². The van der Waals surface area contributed by atoms with Gasteiger partial charge in [0.05, 0.1) is 29.2 Å². The van der Waals surface area contributed by atoms with E-state index in [1.165, 1.54) is 6.26 Å². The summed E-state index contributed by atoms with van der Waals surface area (Å²) in [6.07, 6.45) is 4.01. The fourth-order valence-electron chi connectivity index (χ4n) is 5.69. The van der Waals surface area contributed by atoms with Crippen molar-refractivity contribution in [1.29, 1.82) is 0 Å². The number of carbonyl (C=O) groups excluding carboxylic acids is 2. The van der Waals surface area contributed by atoms with E-state index in [0.717, 1.165) is 18.4 Å². The van der Waals surface area contributed by atoms with Gasteiger partial charge in [-0.1, -0.05) is 25.5 Å². The van der Waals surface area contributed by atoms with Gasteiger partial charge < -0.3 is 13.9 Å². The number of aliphatic imine (C=N–C) groups is 1. The van der Waals surface area contributed by atoms with Crippen LogP contribution in [0.4, 0.5) is 0 Å². The van der Waals surface area contributed by atoms with Crippen LogP contribution < -0.4 is 5.43 Å². The molecule has 1 unspecified atom stereocenters. The molecule has 1 aliphatic carbocycles. The lowest BCUT2D eigenvalue weighted by Gasteiger charge is -2.40. The molecule has 2 fully saturated rings. The molecule has 0 radical (unpaired) electrons. The van der Waals surface area contributed by atoms with Crippen molar-refractivity contribution in [2.24, 2.45) is 16.3 Å². The number of benzene rings is 1. The number of rotatable bonds is 4. The van der Waals surface area contributed by atoms with Crippen LogP contribution in [0.3, 0.4) is 0 Å². The molecule has 0 N–H and O–H groups in total. The Morgan fingerprint density at radius 3 is 2.71 bits per heavy atom. The maximum absolute atomic E-state index is 13.7. The van der Waals surface area contributed by atoms with Gasteiger partial charge in [0.15, 0.2) is 5.43 Å². The molecule has 1 aromatic carbocycles. The fraction of sp³-hybridized carbons (Fsp3) is 0.500. The number of hydrogen-bond donors (Lipinski definition) is 0. The van der Waals surface area contributed by atoms with Gasteiger partial charge in [-0.25, -0.2) is 4.79 Å². The van der Waals surface area contributed by atoms with Crippen LogP contribution in [0.25, 0.3) is 11.0 Å². The van der Waals surface area contributed by atoms with Gasteiger partial charge in [0, 0.05) is 35.9 Å². The van der Waals surface area contributed by atoms with E-state index in [-0.39, 0.29) is 40.5 Å². The first-order chi connectivity index (χ1) is 16.6. The number of aryl methyl sites for hydroxylation is 1. The Morgan fingerprint density at radius 2 is 1.97 bits per heavy atom. The highest BCUT2D eigenvalue weighted by atomic mass is 16.6. The Kier molecular flexibility index (Phi) is 5.99. The quantitative estimate of drug-likeness (QED) is 0.596. The predicted octanol–water partition coefficient (Wildman–Crippen LogP) is 4.64. The maximum atomic E-state index is 13.7. The second kappa shape index (κ2) is 8.86. The Balaban J connectivity index is 1.63. The number of fused-ring (bicyclic) bond motifs is 2. The Morgan fingerprint density at radius 1 is 1.17 bits per heavy atom. The minimum atomic E-state index is -0.802. The first kappa shape index (κ1) is 23.7. The summed E-state index contributed by atoms with van der Waals surface area (Å²) in [7, 11) is 0. The van der Waals surface area contributed by atoms with E-state index in [0.29, 0.717) is 41.8 Å². The highest BCUT2D eigenvalue weighted by Crippen LogP contribution is 2.46. The lowest BCUT2D eigenvalue weighted by Crippen LogP contribution is -2.45. The molecule has 3 aliphatic rings. The summed E-state index contributed by atoms with van der Waals surface area (Å²) in [5.74, 6) is -2.08. The number of carbonyl (C=O) groups is 2. The zero-order valence-electron chi connectivity index (χ0n) is 20.7. The third kappa shape index (κ3) is 4.38. The van der Waals surface area contributed by atoms with Crippen LogP contribution in [-0.2, 0) is 19.1 Å². The first-order valence-electron chi connectivity index (χ1n) is 12.3. The van der Waals surface area contributed by atoms with Crippen molar-refractivity contribution in [3.05, 3.63) is 57.1 Å². The molecule has 0 bridgehead atoms. The molecule has 0 amide bonds. The van der Waals surface area contributed by atoms with E-state index >= 15 is 0 Å². The zero-order chi connectivity index (χ0) is 24.9. The molecule has 5 rings (SSSR count). The molecular formula is C28H31NO6. The molecule has 7 heteroatoms. The van der Waals surface area contributed by atoms with Crippen molar-refractivity contribution in [1.82, 2.24) is 0 Å². The van der Waals surface area contributed by atoms with E-state index in [1.54, 1.807) is 19.1 Å². The van der Waals surface area contributed by atoms with Crippen LogP contribution >= 0.6 is 0 Å². The normalized spacial score (nSPS) is 26.0. The Hall–Kier alpha value is -3.06. The molecule has 3 atom stereocenters. The topological polar surface area (TPSA) is 95.2 Å². The average molecular weight is 478 g/mol. The molecule has 1 saturated heterocycles. The van der Waals surface area contributed by atoms with Gasteiger partial charge in [0.25, 0.3) is 0 Å².